The summed E-state index contributed by atoms with van der Waals surface area (Å²) in [6.07, 6.45) is 3.50. The summed E-state index contributed by atoms with van der Waals surface area (Å²) in [5, 5.41) is 27.1. The molecule has 6 aromatic rings. The number of thioether (sulfide) groups is 1. The van der Waals surface area contributed by atoms with Crippen LogP contribution in [0.15, 0.2) is 117 Å². The number of amides is 3. The van der Waals surface area contributed by atoms with Gasteiger partial charge in [0.25, 0.3) is 11.8 Å². The molecule has 0 spiro atoms. The summed E-state index contributed by atoms with van der Waals surface area (Å²) in [4.78, 5) is 39.3. The summed E-state index contributed by atoms with van der Waals surface area (Å²) in [6, 6.07) is 31.6. The molecule has 0 aliphatic carbocycles. The van der Waals surface area contributed by atoms with E-state index < -0.39 is 0 Å². The maximum Gasteiger partial charge on any atom is 0.269 e. The van der Waals surface area contributed by atoms with Gasteiger partial charge in [-0.3, -0.25) is 25.2 Å². The first-order valence-electron chi connectivity index (χ1n) is 20.7. The Bertz CT molecular complexity index is 2490. The molecule has 6 rings (SSSR count). The number of hydrogen-bond donors (Lipinski definition) is 5. The van der Waals surface area contributed by atoms with Gasteiger partial charge in [0.05, 0.1) is 23.6 Å². The van der Waals surface area contributed by atoms with Gasteiger partial charge in [-0.2, -0.15) is 0 Å². The maximum atomic E-state index is 13.5. The molecule has 11 nitrogen and oxygen atoms in total. The molecule has 5 N–H and O–H groups in total. The van der Waals surface area contributed by atoms with Gasteiger partial charge in [0, 0.05) is 33.6 Å². The van der Waals surface area contributed by atoms with Crippen molar-refractivity contribution < 1.29 is 24.2 Å². The highest BCUT2D eigenvalue weighted by atomic mass is 32.2. The Hall–Kier alpha value is -5.57. The number of carbonyl (C=O) groups excluding carboxylic acids is 3. The molecule has 0 saturated carbocycles. The minimum Gasteiger partial charge on any atom is -0.506 e. The SMILES string of the molecule is CCC(C)(C)c1ccc(OCCCCNC(=O)c2cc(Sc3nnc(SCC(=O)Nc4ccc(NNC(=O)c5ccccc5)cc4)s3)c3ccccc3c2O)c(C(C)(C)CC)c1. The largest absolute Gasteiger partial charge is 0.506 e. The Kier molecular flexibility index (Phi) is 15.6. The molecule has 0 aliphatic rings. The van der Waals surface area contributed by atoms with Crippen molar-refractivity contribution in [3.8, 4) is 11.5 Å². The number of phenols is 1. The van der Waals surface area contributed by atoms with E-state index in [0.717, 1.165) is 35.3 Å². The molecule has 0 atom stereocenters. The summed E-state index contributed by atoms with van der Waals surface area (Å²) < 4.78 is 7.58. The highest BCUT2D eigenvalue weighted by molar-refractivity contribution is 8.03. The van der Waals surface area contributed by atoms with Crippen molar-refractivity contribution in [3.05, 3.63) is 125 Å². The van der Waals surface area contributed by atoms with Crippen LogP contribution >= 0.6 is 34.9 Å². The Labute approximate surface area is 376 Å². The number of hydrogen-bond acceptors (Lipinski definition) is 11. The van der Waals surface area contributed by atoms with E-state index in [9.17, 15) is 19.5 Å². The van der Waals surface area contributed by atoms with Gasteiger partial charge in [0.2, 0.25) is 5.91 Å². The zero-order valence-corrected chi connectivity index (χ0v) is 38.4. The molecule has 62 heavy (non-hydrogen) atoms. The van der Waals surface area contributed by atoms with Gasteiger partial charge in [0.15, 0.2) is 8.68 Å². The lowest BCUT2D eigenvalue weighted by molar-refractivity contribution is -0.113. The number of unbranched alkanes of at least 4 members (excludes halogenated alkanes) is 1. The number of anilines is 2. The predicted octanol–water partition coefficient (Wildman–Crippen LogP) is 11.0. The lowest BCUT2D eigenvalue weighted by atomic mass is 9.76. The number of rotatable bonds is 20. The van der Waals surface area contributed by atoms with E-state index in [4.69, 9.17) is 4.74 Å². The molecule has 0 saturated heterocycles. The fourth-order valence-electron chi connectivity index (χ4n) is 6.43. The minimum absolute atomic E-state index is 0.0285. The number of fused-ring (bicyclic) bond motifs is 1. The number of nitrogens with one attached hydrogen (secondary N) is 4. The average molecular weight is 891 g/mol. The lowest BCUT2D eigenvalue weighted by Crippen LogP contribution is -2.29. The van der Waals surface area contributed by atoms with Crippen molar-refractivity contribution in [3.63, 3.8) is 0 Å². The van der Waals surface area contributed by atoms with Crippen LogP contribution in [0, 0.1) is 0 Å². The minimum atomic E-state index is -0.364. The Balaban J connectivity index is 0.995. The third kappa shape index (κ3) is 11.9. The quantitative estimate of drug-likeness (QED) is 0.0284. The topological polar surface area (TPSA) is 155 Å². The molecule has 0 radical (unpaired) electrons. The van der Waals surface area contributed by atoms with Crippen LogP contribution in [0.25, 0.3) is 10.8 Å². The van der Waals surface area contributed by atoms with Gasteiger partial charge in [-0.05, 0) is 96.0 Å². The smallest absolute Gasteiger partial charge is 0.269 e. The van der Waals surface area contributed by atoms with E-state index in [0.29, 0.717) is 50.6 Å². The van der Waals surface area contributed by atoms with E-state index in [-0.39, 0.29) is 45.6 Å². The number of benzene rings is 5. The molecule has 324 valence electrons. The Morgan fingerprint density at radius 2 is 1.44 bits per heavy atom. The normalized spacial score (nSPS) is 11.6. The summed E-state index contributed by atoms with van der Waals surface area (Å²) >= 11 is 3.97. The summed E-state index contributed by atoms with van der Waals surface area (Å²) in [5.74, 6) is 0.120. The monoisotopic (exact) mass is 890 g/mol. The van der Waals surface area contributed by atoms with Crippen LogP contribution in [0.1, 0.15) is 99.1 Å². The van der Waals surface area contributed by atoms with Crippen LogP contribution in [0.2, 0.25) is 0 Å². The average Bonchev–Trinajstić information content (AvgIpc) is 3.74. The van der Waals surface area contributed by atoms with Crippen LogP contribution in [-0.4, -0.2) is 51.9 Å². The van der Waals surface area contributed by atoms with E-state index in [2.05, 4.69) is 91.4 Å². The molecule has 0 unspecified atom stereocenters. The molecule has 0 fully saturated rings. The van der Waals surface area contributed by atoms with E-state index in [1.807, 2.05) is 24.3 Å². The van der Waals surface area contributed by atoms with Gasteiger partial charge >= 0.3 is 0 Å². The zero-order chi connectivity index (χ0) is 44.3. The van der Waals surface area contributed by atoms with Crippen LogP contribution in [-0.2, 0) is 15.6 Å². The molecule has 0 aliphatic heterocycles. The molecule has 3 amide bonds. The molecule has 0 bridgehead atoms. The number of aromatic nitrogens is 2. The fraction of sp³-hybridized carbons (Fsp3) is 0.312. The number of carbonyl (C=O) groups is 3. The van der Waals surface area contributed by atoms with Gasteiger partial charge < -0.3 is 20.5 Å². The zero-order valence-electron chi connectivity index (χ0n) is 36.0. The molecular formula is C48H54N6O5S3. The highest BCUT2D eigenvalue weighted by Gasteiger charge is 2.27. The maximum absolute atomic E-state index is 13.5. The van der Waals surface area contributed by atoms with Crippen molar-refractivity contribution in [2.75, 3.05) is 29.6 Å². The van der Waals surface area contributed by atoms with Crippen LogP contribution in [0.3, 0.4) is 0 Å². The Morgan fingerprint density at radius 3 is 2.16 bits per heavy atom. The second kappa shape index (κ2) is 21.0. The first kappa shape index (κ1) is 45.9. The fourth-order valence-corrected chi connectivity index (χ4v) is 9.39. The lowest BCUT2D eigenvalue weighted by Gasteiger charge is -2.30. The first-order valence-corrected chi connectivity index (χ1v) is 23.4. The second-order valence-corrected chi connectivity index (χ2v) is 19.6. The molecule has 1 heterocycles. The standard InChI is InChI=1S/C48H54N6O5S3/c1-7-47(3,4)32-20-25-39(38(28-32)48(5,6)8-2)59-27-15-14-26-49-44(58)37-29-40(35-18-12-13-19-36(35)42(37)56)61-46-54-53-45(62-46)60-30-41(55)50-33-21-23-34(24-22-33)51-52-43(57)31-16-10-9-11-17-31/h9-13,16-25,28-29,51,56H,7-8,14-15,26-27,30H2,1-6H3,(H,49,58)(H,50,55)(H,52,57). The number of phenolic OH excluding ortho intramolecular Hbond substituents is 1. The Morgan fingerprint density at radius 1 is 0.758 bits per heavy atom. The summed E-state index contributed by atoms with van der Waals surface area (Å²) in [7, 11) is 0. The first-order chi connectivity index (χ1) is 29.8. The van der Waals surface area contributed by atoms with Crippen molar-refractivity contribution in [1.82, 2.24) is 20.9 Å². The van der Waals surface area contributed by atoms with Crippen LogP contribution < -0.4 is 26.2 Å². The van der Waals surface area contributed by atoms with Crippen molar-refractivity contribution in [1.29, 1.82) is 0 Å². The van der Waals surface area contributed by atoms with Crippen LogP contribution in [0.4, 0.5) is 11.4 Å². The predicted molar refractivity (Wildman–Crippen MR) is 253 cm³/mol. The summed E-state index contributed by atoms with van der Waals surface area (Å²) in [5.41, 5.74) is 10.1. The second-order valence-electron chi connectivity index (χ2n) is 16.1. The van der Waals surface area contributed by atoms with Crippen molar-refractivity contribution >= 4 is 74.7 Å². The molecule has 5 aromatic carbocycles. The van der Waals surface area contributed by atoms with Gasteiger partial charge in [-0.1, -0.05) is 131 Å². The number of hydrazine groups is 1. The number of aromatic hydroxyl groups is 1. The molecule has 14 heteroatoms. The number of nitrogens with zero attached hydrogens (tertiary/aromatic N) is 2. The van der Waals surface area contributed by atoms with E-state index >= 15 is 0 Å². The van der Waals surface area contributed by atoms with Gasteiger partial charge in [-0.25, -0.2) is 0 Å². The third-order valence-electron chi connectivity index (χ3n) is 11.0. The highest BCUT2D eigenvalue weighted by Crippen LogP contribution is 2.42. The molecule has 1 aromatic heterocycles. The number of ether oxygens (including phenoxy) is 1. The van der Waals surface area contributed by atoms with E-state index in [1.54, 1.807) is 60.7 Å². The van der Waals surface area contributed by atoms with Crippen molar-refractivity contribution in [2.45, 2.75) is 91.6 Å². The van der Waals surface area contributed by atoms with Gasteiger partial charge in [0.1, 0.15) is 11.5 Å². The van der Waals surface area contributed by atoms with Gasteiger partial charge in [-0.15, -0.1) is 10.2 Å². The van der Waals surface area contributed by atoms with Crippen LogP contribution in [0.5, 0.6) is 11.5 Å². The summed E-state index contributed by atoms with van der Waals surface area (Å²) in [6.45, 7) is 14.4. The molecular weight excluding hydrogens is 837 g/mol. The van der Waals surface area contributed by atoms with E-state index in [1.165, 1.54) is 46.0 Å². The van der Waals surface area contributed by atoms with Crippen molar-refractivity contribution in [2.24, 2.45) is 0 Å². The third-order valence-corrected chi connectivity index (χ3v) is 14.2.